The van der Waals surface area contributed by atoms with E-state index in [1.54, 1.807) is 11.8 Å². The maximum Gasteiger partial charge on any atom is 0.263 e. The first kappa shape index (κ1) is 23.3. The van der Waals surface area contributed by atoms with E-state index in [4.69, 9.17) is 4.98 Å². The first-order valence-electron chi connectivity index (χ1n) is 13.1. The van der Waals surface area contributed by atoms with Crippen LogP contribution in [-0.4, -0.2) is 15.3 Å². The lowest BCUT2D eigenvalue weighted by molar-refractivity contribution is 0.283. The van der Waals surface area contributed by atoms with Gasteiger partial charge in [0.25, 0.3) is 5.56 Å². The Kier molecular flexibility index (Phi) is 6.30. The fraction of sp³-hybridized carbons (Fsp3) is 0.312. The molecule has 36 heavy (non-hydrogen) atoms. The predicted molar refractivity (Wildman–Crippen MR) is 149 cm³/mol. The van der Waals surface area contributed by atoms with Crippen molar-refractivity contribution in [1.82, 2.24) is 9.55 Å². The highest BCUT2D eigenvalue weighted by atomic mass is 32.2. The monoisotopic (exact) mass is 492 g/mol. The summed E-state index contributed by atoms with van der Waals surface area (Å²) in [5.74, 6) is 0.869. The third-order valence-electron chi connectivity index (χ3n) is 7.95. The van der Waals surface area contributed by atoms with Crippen molar-refractivity contribution in [2.24, 2.45) is 0 Å². The molecule has 1 heterocycles. The molecule has 0 radical (unpaired) electrons. The van der Waals surface area contributed by atoms with Crippen molar-refractivity contribution in [1.29, 1.82) is 0 Å². The summed E-state index contributed by atoms with van der Waals surface area (Å²) >= 11 is 1.69. The third-order valence-corrected chi connectivity index (χ3v) is 8.89. The second-order valence-corrected chi connectivity index (χ2v) is 11.4. The highest BCUT2D eigenvalue weighted by Gasteiger charge is 2.43. The van der Waals surface area contributed by atoms with E-state index in [0.29, 0.717) is 0 Å². The molecular weight excluding hydrogens is 460 g/mol. The van der Waals surface area contributed by atoms with Crippen LogP contribution in [0.25, 0.3) is 16.9 Å². The molecule has 1 aromatic heterocycles. The molecule has 182 valence electrons. The Hall–Kier alpha value is -3.11. The minimum atomic E-state index is -0.105. The van der Waals surface area contributed by atoms with Gasteiger partial charge in [-0.05, 0) is 55.9 Å². The Bertz CT molecular complexity index is 1430. The van der Waals surface area contributed by atoms with Crippen LogP contribution in [0.4, 0.5) is 0 Å². The average Bonchev–Trinajstić information content (AvgIpc) is 2.90. The molecule has 3 nitrogen and oxygen atoms in total. The van der Waals surface area contributed by atoms with Crippen LogP contribution in [0.1, 0.15) is 54.4 Å². The first-order valence-corrected chi connectivity index (χ1v) is 14.1. The smallest absolute Gasteiger partial charge is 0.263 e. The molecule has 0 saturated heterocycles. The molecule has 6 rings (SSSR count). The first-order chi connectivity index (χ1) is 17.6. The van der Waals surface area contributed by atoms with Gasteiger partial charge < -0.3 is 0 Å². The topological polar surface area (TPSA) is 34.9 Å². The second-order valence-electron chi connectivity index (χ2n) is 10.4. The Morgan fingerprint density at radius 3 is 2.39 bits per heavy atom. The van der Waals surface area contributed by atoms with Crippen LogP contribution < -0.4 is 5.56 Å². The SMILES string of the molecule is Cc1ccc(-n2c(SCCc3ccccc3)nc3c(c2=O)C2(CCCCC2)Cc2ccccc2-3)cc1. The Labute approximate surface area is 217 Å². The molecule has 1 spiro atoms. The zero-order chi connectivity index (χ0) is 24.5. The Morgan fingerprint density at radius 2 is 1.61 bits per heavy atom. The molecule has 0 atom stereocenters. The van der Waals surface area contributed by atoms with Gasteiger partial charge in [-0.2, -0.15) is 0 Å². The summed E-state index contributed by atoms with van der Waals surface area (Å²) in [5.41, 5.74) is 7.78. The van der Waals surface area contributed by atoms with E-state index in [1.807, 2.05) is 4.57 Å². The summed E-state index contributed by atoms with van der Waals surface area (Å²) < 4.78 is 1.90. The van der Waals surface area contributed by atoms with Crippen molar-refractivity contribution >= 4 is 11.8 Å². The van der Waals surface area contributed by atoms with E-state index in [1.165, 1.54) is 36.0 Å². The lowest BCUT2D eigenvalue weighted by Crippen LogP contribution is -2.42. The van der Waals surface area contributed by atoms with Gasteiger partial charge in [0.05, 0.1) is 16.9 Å². The van der Waals surface area contributed by atoms with Crippen LogP contribution in [0.5, 0.6) is 0 Å². The number of hydrogen-bond acceptors (Lipinski definition) is 3. The number of rotatable bonds is 5. The predicted octanol–water partition coefficient (Wildman–Crippen LogP) is 7.30. The van der Waals surface area contributed by atoms with E-state index in [-0.39, 0.29) is 11.0 Å². The highest BCUT2D eigenvalue weighted by molar-refractivity contribution is 7.99. The number of aryl methyl sites for hydroxylation is 2. The molecule has 2 aliphatic rings. The summed E-state index contributed by atoms with van der Waals surface area (Å²) in [5, 5.41) is 0.793. The molecule has 0 bridgehead atoms. The largest absolute Gasteiger partial charge is 0.268 e. The number of thioether (sulfide) groups is 1. The van der Waals surface area contributed by atoms with Gasteiger partial charge in [-0.1, -0.05) is 103 Å². The normalized spacial score (nSPS) is 15.9. The minimum Gasteiger partial charge on any atom is -0.268 e. The Balaban J connectivity index is 1.52. The summed E-state index contributed by atoms with van der Waals surface area (Å²) in [4.78, 5) is 19.9. The van der Waals surface area contributed by atoms with Gasteiger partial charge in [0.2, 0.25) is 0 Å². The number of benzene rings is 3. The fourth-order valence-electron chi connectivity index (χ4n) is 6.11. The van der Waals surface area contributed by atoms with Crippen molar-refractivity contribution in [2.45, 2.75) is 62.4 Å². The van der Waals surface area contributed by atoms with E-state index >= 15 is 0 Å². The number of fused-ring (bicyclic) bond motifs is 4. The zero-order valence-electron chi connectivity index (χ0n) is 20.9. The molecule has 3 aromatic carbocycles. The maximum absolute atomic E-state index is 14.5. The summed E-state index contributed by atoms with van der Waals surface area (Å²) in [6.45, 7) is 2.08. The maximum atomic E-state index is 14.5. The van der Waals surface area contributed by atoms with Crippen molar-refractivity contribution in [3.8, 4) is 16.9 Å². The van der Waals surface area contributed by atoms with Gasteiger partial charge in [0.1, 0.15) is 0 Å². The van der Waals surface area contributed by atoms with Crippen molar-refractivity contribution in [3.63, 3.8) is 0 Å². The van der Waals surface area contributed by atoms with Crippen LogP contribution >= 0.6 is 11.8 Å². The average molecular weight is 493 g/mol. The molecular formula is C32H32N2OS. The molecule has 1 saturated carbocycles. The molecule has 0 N–H and O–H groups in total. The van der Waals surface area contributed by atoms with Crippen molar-refractivity contribution in [3.05, 3.63) is 111 Å². The molecule has 0 amide bonds. The molecule has 0 aliphatic heterocycles. The third kappa shape index (κ3) is 4.22. The molecule has 4 heteroatoms. The number of nitrogens with zero attached hydrogens (tertiary/aromatic N) is 2. The number of aromatic nitrogens is 2. The lowest BCUT2D eigenvalue weighted by atomic mass is 9.62. The number of hydrogen-bond donors (Lipinski definition) is 0. The zero-order valence-corrected chi connectivity index (χ0v) is 21.7. The highest BCUT2D eigenvalue weighted by Crippen LogP contribution is 2.49. The molecule has 4 aromatic rings. The van der Waals surface area contributed by atoms with Gasteiger partial charge in [-0.15, -0.1) is 0 Å². The van der Waals surface area contributed by atoms with Crippen LogP contribution in [-0.2, 0) is 18.3 Å². The second kappa shape index (κ2) is 9.74. The van der Waals surface area contributed by atoms with Gasteiger partial charge in [-0.3, -0.25) is 9.36 Å². The summed E-state index contributed by atoms with van der Waals surface area (Å²) in [7, 11) is 0. The molecule has 1 fully saturated rings. The van der Waals surface area contributed by atoms with Crippen LogP contribution in [0.3, 0.4) is 0 Å². The molecule has 0 unspecified atom stereocenters. The van der Waals surface area contributed by atoms with E-state index < -0.39 is 0 Å². The standard InChI is InChI=1S/C32H32N2OS/c1-23-14-16-26(17-15-23)34-30(35)28-29(33-31(34)36-21-18-24-10-4-2-5-11-24)27-13-7-6-12-25(27)22-32(28)19-8-3-9-20-32/h2,4-7,10-17H,3,8-9,18-22H2,1H3. The fourth-order valence-corrected chi connectivity index (χ4v) is 7.10. The minimum absolute atomic E-state index is 0.105. The molecule has 2 aliphatic carbocycles. The van der Waals surface area contributed by atoms with E-state index in [9.17, 15) is 4.79 Å². The van der Waals surface area contributed by atoms with Crippen LogP contribution in [0.15, 0.2) is 88.8 Å². The summed E-state index contributed by atoms with van der Waals surface area (Å²) in [6.07, 6.45) is 7.64. The van der Waals surface area contributed by atoms with Crippen LogP contribution in [0.2, 0.25) is 0 Å². The van der Waals surface area contributed by atoms with Crippen molar-refractivity contribution in [2.75, 3.05) is 5.75 Å². The lowest BCUT2D eigenvalue weighted by Gasteiger charge is -2.42. The van der Waals surface area contributed by atoms with Gasteiger partial charge in [0, 0.05) is 16.7 Å². The van der Waals surface area contributed by atoms with Crippen molar-refractivity contribution < 1.29 is 0 Å². The Morgan fingerprint density at radius 1 is 0.889 bits per heavy atom. The van der Waals surface area contributed by atoms with E-state index in [2.05, 4.69) is 85.8 Å². The van der Waals surface area contributed by atoms with Gasteiger partial charge in [-0.25, -0.2) is 4.98 Å². The van der Waals surface area contributed by atoms with Gasteiger partial charge >= 0.3 is 0 Å². The van der Waals surface area contributed by atoms with Crippen LogP contribution in [0, 0.1) is 6.92 Å². The van der Waals surface area contributed by atoms with E-state index in [0.717, 1.165) is 59.1 Å². The summed E-state index contributed by atoms with van der Waals surface area (Å²) in [6, 6.07) is 27.5. The van der Waals surface area contributed by atoms with Gasteiger partial charge in [0.15, 0.2) is 5.16 Å². The quantitative estimate of drug-likeness (QED) is 0.217.